The lowest BCUT2D eigenvalue weighted by Crippen LogP contribution is -2.55. The second kappa shape index (κ2) is 7.71. The Morgan fingerprint density at radius 3 is 2.72 bits per heavy atom. The molecule has 0 amide bonds. The van der Waals surface area contributed by atoms with Crippen molar-refractivity contribution in [2.24, 2.45) is 11.8 Å². The Morgan fingerprint density at radius 1 is 1.21 bits per heavy atom. The van der Waals surface area contributed by atoms with Crippen LogP contribution in [0, 0.1) is 23.2 Å². The molecule has 2 aliphatic rings. The largest absolute Gasteiger partial charge is 0.472 e. The molecule has 2 fully saturated rings. The highest BCUT2D eigenvalue weighted by Gasteiger charge is 2.42. The van der Waals surface area contributed by atoms with Crippen LogP contribution in [-0.2, 0) is 4.74 Å². The zero-order valence-electron chi connectivity index (χ0n) is 15.2. The average molecular weight is 447 g/mol. The Balaban J connectivity index is 1.50. The van der Waals surface area contributed by atoms with E-state index in [0.717, 1.165) is 34.4 Å². The van der Waals surface area contributed by atoms with Crippen LogP contribution >= 0.6 is 34.7 Å². The number of fused-ring (bicyclic) bond motifs is 3. The van der Waals surface area contributed by atoms with E-state index in [1.807, 2.05) is 15.9 Å². The fourth-order valence-electron chi connectivity index (χ4n) is 4.07. The Bertz CT molecular complexity index is 1100. The average Bonchev–Trinajstić information content (AvgIpc) is 3.13. The van der Waals surface area contributed by atoms with Crippen LogP contribution in [0.15, 0.2) is 29.9 Å². The molecule has 2 saturated heterocycles. The van der Waals surface area contributed by atoms with Crippen LogP contribution in [0.2, 0.25) is 5.02 Å². The van der Waals surface area contributed by atoms with Crippen LogP contribution in [0.3, 0.4) is 0 Å². The molecule has 29 heavy (non-hydrogen) atoms. The molecular weight excluding hydrogens is 431 g/mol. The topological polar surface area (TPSA) is 71.3 Å². The molecule has 0 aliphatic carbocycles. The summed E-state index contributed by atoms with van der Waals surface area (Å²) in [7, 11) is 0. The number of piperidine rings is 1. The van der Waals surface area contributed by atoms with Crippen molar-refractivity contribution in [2.45, 2.75) is 6.10 Å². The van der Waals surface area contributed by atoms with Gasteiger partial charge in [-0.1, -0.05) is 17.7 Å². The fraction of sp³-hybridized carbons (Fsp3) is 0.350. The van der Waals surface area contributed by atoms with Crippen molar-refractivity contribution >= 4 is 44.9 Å². The molecule has 3 aromatic rings. The lowest BCUT2D eigenvalue weighted by atomic mass is 9.86. The summed E-state index contributed by atoms with van der Waals surface area (Å²) in [5.74, 6) is 0.996. The molecule has 0 radical (unpaired) electrons. The number of thiophene rings is 1. The van der Waals surface area contributed by atoms with E-state index in [1.54, 1.807) is 12.1 Å². The normalized spacial score (nSPS) is 24.4. The molecule has 6 nitrogen and oxygen atoms in total. The molecule has 2 bridgehead atoms. The summed E-state index contributed by atoms with van der Waals surface area (Å²) in [5.41, 5.74) is 3.06. The van der Waals surface area contributed by atoms with Gasteiger partial charge < -0.3 is 9.47 Å². The van der Waals surface area contributed by atoms with Gasteiger partial charge in [0, 0.05) is 46.5 Å². The number of hydrogen-bond acceptors (Lipinski definition) is 7. The summed E-state index contributed by atoms with van der Waals surface area (Å²) in [6.45, 7) is 2.73. The quantitative estimate of drug-likeness (QED) is 0.556. The zero-order chi connectivity index (χ0) is 20.0. The smallest absolute Gasteiger partial charge is 0.235 e. The van der Waals surface area contributed by atoms with Gasteiger partial charge in [0.15, 0.2) is 0 Å². The van der Waals surface area contributed by atoms with Crippen molar-refractivity contribution in [3.8, 4) is 23.1 Å². The molecule has 2 unspecified atom stereocenters. The summed E-state index contributed by atoms with van der Waals surface area (Å²) in [5, 5.41) is 11.6. The first-order valence-corrected chi connectivity index (χ1v) is 10.8. The first kappa shape index (κ1) is 19.0. The Kier molecular flexibility index (Phi) is 5.06. The number of nitrogens with zero attached hydrogens (tertiary/aromatic N) is 4. The van der Waals surface area contributed by atoms with Crippen molar-refractivity contribution in [1.29, 1.82) is 5.26 Å². The number of halogens is 2. The summed E-state index contributed by atoms with van der Waals surface area (Å²) in [6.07, 6.45) is 1.54. The maximum Gasteiger partial charge on any atom is 0.235 e. The van der Waals surface area contributed by atoms with Crippen LogP contribution < -0.4 is 4.74 Å². The first-order valence-electron chi connectivity index (χ1n) is 9.21. The molecule has 0 spiro atoms. The highest BCUT2D eigenvalue weighted by molar-refractivity contribution is 7.18. The number of aromatic nitrogens is 2. The van der Waals surface area contributed by atoms with E-state index in [1.165, 1.54) is 17.7 Å². The molecule has 4 heterocycles. The Labute approximate surface area is 181 Å². The summed E-state index contributed by atoms with van der Waals surface area (Å²) in [4.78, 5) is 8.90. The fourth-order valence-corrected chi connectivity index (χ4v) is 5.66. The summed E-state index contributed by atoms with van der Waals surface area (Å²) in [6, 6.07) is 7.38. The maximum absolute atomic E-state index is 9.07. The molecule has 5 rings (SSSR count). The number of ether oxygens (including phenoxy) is 2. The summed E-state index contributed by atoms with van der Waals surface area (Å²) < 4.78 is 14.8. The van der Waals surface area contributed by atoms with Crippen molar-refractivity contribution in [3.63, 3.8) is 0 Å². The molecule has 1 aromatic carbocycles. The number of nitriles is 1. The second-order valence-electron chi connectivity index (χ2n) is 7.28. The molecule has 9 heteroatoms. The van der Waals surface area contributed by atoms with E-state index in [4.69, 9.17) is 38.1 Å². The van der Waals surface area contributed by atoms with Gasteiger partial charge in [0.2, 0.25) is 5.88 Å². The Morgan fingerprint density at radius 2 is 2.00 bits per heavy atom. The van der Waals surface area contributed by atoms with Crippen LogP contribution in [-0.4, -0.2) is 46.8 Å². The molecule has 148 valence electrons. The van der Waals surface area contributed by atoms with Gasteiger partial charge in [-0.05, 0) is 23.9 Å². The molecule has 0 saturated carbocycles. The minimum absolute atomic E-state index is 0.0147. The Hall–Kier alpha value is -1.95. The van der Waals surface area contributed by atoms with E-state index in [2.05, 4.69) is 16.0 Å². The summed E-state index contributed by atoms with van der Waals surface area (Å²) >= 11 is 14.2. The van der Waals surface area contributed by atoms with Gasteiger partial charge in [-0.25, -0.2) is 14.4 Å². The van der Waals surface area contributed by atoms with Gasteiger partial charge in [0.05, 0.1) is 30.4 Å². The van der Waals surface area contributed by atoms with E-state index < -0.39 is 0 Å². The minimum atomic E-state index is 0.0147. The lowest BCUT2D eigenvalue weighted by molar-refractivity contribution is -0.0990. The van der Waals surface area contributed by atoms with Crippen molar-refractivity contribution in [2.75, 3.05) is 26.3 Å². The highest BCUT2D eigenvalue weighted by Crippen LogP contribution is 2.41. The van der Waals surface area contributed by atoms with Gasteiger partial charge in [-0.2, -0.15) is 5.26 Å². The van der Waals surface area contributed by atoms with Gasteiger partial charge in [-0.3, -0.25) is 0 Å². The lowest BCUT2D eigenvalue weighted by Gasteiger charge is -2.44. The van der Waals surface area contributed by atoms with E-state index in [9.17, 15) is 0 Å². The number of hydrogen-bond donors (Lipinski definition) is 0. The first-order chi connectivity index (χ1) is 14.1. The van der Waals surface area contributed by atoms with E-state index >= 15 is 0 Å². The molecular formula is C20H16Cl2N4O2S. The van der Waals surface area contributed by atoms with E-state index in [0.29, 0.717) is 29.7 Å². The third kappa shape index (κ3) is 3.45. The van der Waals surface area contributed by atoms with Crippen LogP contribution in [0.25, 0.3) is 21.3 Å². The zero-order valence-corrected chi connectivity index (χ0v) is 17.5. The molecule has 2 aromatic heterocycles. The predicted octanol–water partition coefficient (Wildman–Crippen LogP) is 4.36. The standard InChI is InChI=1S/C20H16Cl2N4O2S/c21-16-3-11(4-23)1-2-14(16)15-9-29-19-17(15)24-10-25-20(19)28-18-12-5-26(22)6-13(18)8-27-7-12/h1-3,9-10,12-13,18H,5-8H2. The molecule has 2 aliphatic heterocycles. The third-order valence-corrected chi connectivity index (χ3v) is 6.96. The van der Waals surface area contributed by atoms with Crippen LogP contribution in [0.5, 0.6) is 5.88 Å². The third-order valence-electron chi connectivity index (χ3n) is 5.42. The van der Waals surface area contributed by atoms with Crippen LogP contribution in [0.1, 0.15) is 5.56 Å². The van der Waals surface area contributed by atoms with Gasteiger partial charge in [-0.15, -0.1) is 11.3 Å². The van der Waals surface area contributed by atoms with E-state index in [-0.39, 0.29) is 17.9 Å². The van der Waals surface area contributed by atoms with Gasteiger partial charge in [0.25, 0.3) is 0 Å². The highest BCUT2D eigenvalue weighted by atomic mass is 35.5. The number of benzene rings is 1. The molecule has 2 atom stereocenters. The second-order valence-corrected chi connectivity index (χ2v) is 9.05. The minimum Gasteiger partial charge on any atom is -0.472 e. The van der Waals surface area contributed by atoms with Crippen molar-refractivity contribution in [1.82, 2.24) is 14.4 Å². The molecule has 0 N–H and O–H groups in total. The number of rotatable bonds is 3. The van der Waals surface area contributed by atoms with Gasteiger partial charge >= 0.3 is 0 Å². The van der Waals surface area contributed by atoms with Gasteiger partial charge in [0.1, 0.15) is 17.1 Å². The maximum atomic E-state index is 9.07. The van der Waals surface area contributed by atoms with Crippen molar-refractivity contribution < 1.29 is 9.47 Å². The monoisotopic (exact) mass is 446 g/mol. The van der Waals surface area contributed by atoms with Crippen LogP contribution in [0.4, 0.5) is 0 Å². The van der Waals surface area contributed by atoms with Crippen molar-refractivity contribution in [3.05, 3.63) is 40.5 Å². The SMILES string of the molecule is N#Cc1ccc(-c2csc3c(OC4C5COCC4CN(Cl)C5)ncnc23)c(Cl)c1. The predicted molar refractivity (Wildman–Crippen MR) is 112 cm³/mol.